The van der Waals surface area contributed by atoms with Crippen LogP contribution in [0, 0.1) is 5.92 Å². The summed E-state index contributed by atoms with van der Waals surface area (Å²) in [5, 5.41) is 11.0. The van der Waals surface area contributed by atoms with Crippen molar-refractivity contribution in [2.24, 2.45) is 10.9 Å². The molecule has 0 aromatic carbocycles. The van der Waals surface area contributed by atoms with Gasteiger partial charge in [-0.2, -0.15) is 0 Å². The van der Waals surface area contributed by atoms with Crippen LogP contribution in [0.5, 0.6) is 0 Å². The van der Waals surface area contributed by atoms with Crippen LogP contribution in [0.25, 0.3) is 0 Å². The highest BCUT2D eigenvalue weighted by molar-refractivity contribution is 14.0. The molecule has 1 aromatic heterocycles. The summed E-state index contributed by atoms with van der Waals surface area (Å²) >= 11 is 0. The lowest BCUT2D eigenvalue weighted by atomic mass is 10.1. The molecule has 1 fully saturated rings. The van der Waals surface area contributed by atoms with Gasteiger partial charge in [0.1, 0.15) is 5.76 Å². The van der Waals surface area contributed by atoms with E-state index in [4.69, 9.17) is 14.3 Å². The van der Waals surface area contributed by atoms with Gasteiger partial charge >= 0.3 is 0 Å². The number of aromatic nitrogens is 1. The Hall–Kier alpha value is -0.870. The van der Waals surface area contributed by atoms with E-state index in [1.807, 2.05) is 0 Å². The van der Waals surface area contributed by atoms with Crippen LogP contribution in [0.15, 0.2) is 9.52 Å². The van der Waals surface area contributed by atoms with Gasteiger partial charge in [0.25, 0.3) is 0 Å². The summed E-state index contributed by atoms with van der Waals surface area (Å²) in [5.41, 5.74) is 2.15. The molecule has 0 bridgehead atoms. The van der Waals surface area contributed by atoms with Crippen LogP contribution in [0.2, 0.25) is 0 Å². The van der Waals surface area contributed by atoms with Crippen molar-refractivity contribution in [2.75, 3.05) is 45.9 Å². The quantitative estimate of drug-likeness (QED) is 0.313. The van der Waals surface area contributed by atoms with Crippen LogP contribution in [-0.4, -0.2) is 62.0 Å². The molecule has 0 radical (unpaired) electrons. The van der Waals surface area contributed by atoms with E-state index >= 15 is 0 Å². The van der Waals surface area contributed by atoms with E-state index in [0.717, 1.165) is 81.8 Å². The van der Waals surface area contributed by atoms with Gasteiger partial charge in [0.15, 0.2) is 5.96 Å². The summed E-state index contributed by atoms with van der Waals surface area (Å²) in [6.45, 7) is 15.7. The van der Waals surface area contributed by atoms with E-state index in [9.17, 15) is 0 Å². The van der Waals surface area contributed by atoms with E-state index in [1.54, 1.807) is 0 Å². The Morgan fingerprint density at radius 2 is 1.93 bits per heavy atom. The van der Waals surface area contributed by atoms with Crippen LogP contribution >= 0.6 is 24.0 Å². The lowest BCUT2D eigenvalue weighted by Gasteiger charge is -2.29. The Morgan fingerprint density at radius 3 is 2.56 bits per heavy atom. The number of nitrogens with zero attached hydrogens (tertiary/aromatic N) is 3. The minimum Gasteiger partial charge on any atom is -0.379 e. The molecule has 0 saturated carbocycles. The molecule has 2 rings (SSSR count). The van der Waals surface area contributed by atoms with Gasteiger partial charge in [0.05, 0.1) is 25.5 Å². The minimum atomic E-state index is 0. The maximum absolute atomic E-state index is 5.44. The number of guanidine groups is 1. The number of nitrogens with one attached hydrogen (secondary N) is 2. The number of hydrogen-bond acceptors (Lipinski definition) is 5. The predicted octanol–water partition coefficient (Wildman–Crippen LogP) is 2.44. The molecule has 156 valence electrons. The van der Waals surface area contributed by atoms with Crippen LogP contribution in [-0.2, 0) is 24.1 Å². The number of rotatable bonds is 9. The molecular formula is C19H36IN5O2. The number of morpholine rings is 1. The highest BCUT2D eigenvalue weighted by Gasteiger charge is 2.15. The zero-order chi connectivity index (χ0) is 18.8. The topological polar surface area (TPSA) is 74.9 Å². The molecule has 1 aliphatic heterocycles. The second-order valence-corrected chi connectivity index (χ2v) is 6.83. The molecule has 0 spiro atoms. The zero-order valence-corrected chi connectivity index (χ0v) is 19.5. The molecule has 8 heteroatoms. The molecule has 2 N–H and O–H groups in total. The first-order valence-electron chi connectivity index (χ1n) is 9.96. The third-order valence-corrected chi connectivity index (χ3v) is 4.64. The van der Waals surface area contributed by atoms with Crippen LogP contribution in [0.4, 0.5) is 0 Å². The van der Waals surface area contributed by atoms with Crippen molar-refractivity contribution in [2.45, 2.75) is 47.1 Å². The third-order valence-electron chi connectivity index (χ3n) is 4.64. The lowest BCUT2D eigenvalue weighted by Crippen LogP contribution is -2.44. The average Bonchev–Trinajstić information content (AvgIpc) is 3.06. The van der Waals surface area contributed by atoms with Crippen molar-refractivity contribution in [1.82, 2.24) is 20.7 Å². The van der Waals surface area contributed by atoms with Gasteiger partial charge in [-0.05, 0) is 19.3 Å². The maximum atomic E-state index is 5.44. The first-order valence-corrected chi connectivity index (χ1v) is 9.96. The molecule has 2 heterocycles. The van der Waals surface area contributed by atoms with E-state index in [2.05, 4.69) is 48.4 Å². The van der Waals surface area contributed by atoms with Crippen LogP contribution < -0.4 is 10.6 Å². The predicted molar refractivity (Wildman–Crippen MR) is 120 cm³/mol. The van der Waals surface area contributed by atoms with Gasteiger partial charge in [0.2, 0.25) is 0 Å². The molecular weight excluding hydrogens is 457 g/mol. The fourth-order valence-electron chi connectivity index (χ4n) is 3.18. The molecule has 1 saturated heterocycles. The van der Waals surface area contributed by atoms with Gasteiger partial charge < -0.3 is 19.9 Å². The Balaban J connectivity index is 0.00000364. The maximum Gasteiger partial charge on any atom is 0.191 e. The normalized spacial score (nSPS) is 16.7. The van der Waals surface area contributed by atoms with Crippen molar-refractivity contribution >= 4 is 29.9 Å². The molecule has 27 heavy (non-hydrogen) atoms. The van der Waals surface area contributed by atoms with E-state index in [1.165, 1.54) is 0 Å². The fourth-order valence-corrected chi connectivity index (χ4v) is 3.18. The number of ether oxygens (including phenoxy) is 1. The van der Waals surface area contributed by atoms with Crippen molar-refractivity contribution in [3.05, 3.63) is 17.0 Å². The van der Waals surface area contributed by atoms with E-state index in [0.29, 0.717) is 12.5 Å². The summed E-state index contributed by atoms with van der Waals surface area (Å²) < 4.78 is 10.9. The second kappa shape index (κ2) is 13.3. The Kier molecular flexibility index (Phi) is 11.9. The van der Waals surface area contributed by atoms with Gasteiger partial charge in [-0.15, -0.1) is 24.0 Å². The fraction of sp³-hybridized carbons (Fsp3) is 0.789. The van der Waals surface area contributed by atoms with Crippen molar-refractivity contribution < 1.29 is 9.26 Å². The highest BCUT2D eigenvalue weighted by Crippen LogP contribution is 2.16. The highest BCUT2D eigenvalue weighted by atomic mass is 127. The summed E-state index contributed by atoms with van der Waals surface area (Å²) in [6.07, 6.45) is 1.72. The number of hydrogen-bond donors (Lipinski definition) is 2. The van der Waals surface area contributed by atoms with Crippen molar-refractivity contribution in [3.63, 3.8) is 0 Å². The molecule has 7 nitrogen and oxygen atoms in total. The van der Waals surface area contributed by atoms with Gasteiger partial charge in [-0.3, -0.25) is 4.90 Å². The minimum absolute atomic E-state index is 0. The Labute approximate surface area is 180 Å². The standard InChI is InChI=1S/C19H35N5O2.HI/c1-5-17-16(18(6-2)26-23-17)13-22-19(20-7-3)21-12-15(4)14-24-8-10-25-11-9-24;/h15H,5-14H2,1-4H3,(H2,20,21,22);1H. The van der Waals surface area contributed by atoms with Gasteiger partial charge in [-0.25, -0.2) is 4.99 Å². The molecule has 1 unspecified atom stereocenters. The zero-order valence-electron chi connectivity index (χ0n) is 17.2. The van der Waals surface area contributed by atoms with Crippen molar-refractivity contribution in [1.29, 1.82) is 0 Å². The van der Waals surface area contributed by atoms with Crippen LogP contribution in [0.1, 0.15) is 44.7 Å². The summed E-state index contributed by atoms with van der Waals surface area (Å²) in [7, 11) is 0. The number of aliphatic imine (C=N–C) groups is 1. The SMILES string of the molecule is CCNC(=NCc1c(CC)noc1CC)NCC(C)CN1CCOCC1.I. The number of aryl methyl sites for hydroxylation is 2. The monoisotopic (exact) mass is 493 g/mol. The largest absolute Gasteiger partial charge is 0.379 e. The van der Waals surface area contributed by atoms with E-state index < -0.39 is 0 Å². The summed E-state index contributed by atoms with van der Waals surface area (Å²) in [5.74, 6) is 2.35. The molecule has 1 aliphatic rings. The number of halogens is 1. The molecule has 0 amide bonds. The van der Waals surface area contributed by atoms with E-state index in [-0.39, 0.29) is 24.0 Å². The second-order valence-electron chi connectivity index (χ2n) is 6.83. The smallest absolute Gasteiger partial charge is 0.191 e. The first-order chi connectivity index (χ1) is 12.7. The Bertz CT molecular complexity index is 537. The average molecular weight is 493 g/mol. The molecule has 0 aliphatic carbocycles. The lowest BCUT2D eigenvalue weighted by molar-refractivity contribution is 0.0320. The Morgan fingerprint density at radius 1 is 1.19 bits per heavy atom. The first kappa shape index (κ1) is 24.2. The summed E-state index contributed by atoms with van der Waals surface area (Å²) in [4.78, 5) is 7.22. The molecule has 1 atom stereocenters. The van der Waals surface area contributed by atoms with Gasteiger partial charge in [-0.1, -0.05) is 25.9 Å². The van der Waals surface area contributed by atoms with Crippen LogP contribution in [0.3, 0.4) is 0 Å². The van der Waals surface area contributed by atoms with Gasteiger partial charge in [0, 0.05) is 44.7 Å². The molecule has 1 aromatic rings. The third kappa shape index (κ3) is 7.95. The van der Waals surface area contributed by atoms with Crippen molar-refractivity contribution in [3.8, 4) is 0 Å². The summed E-state index contributed by atoms with van der Waals surface area (Å²) in [6, 6.07) is 0.